The van der Waals surface area contributed by atoms with Gasteiger partial charge in [0, 0.05) is 5.56 Å². The molecule has 0 atom stereocenters. The molecule has 5 nitrogen and oxygen atoms in total. The lowest BCUT2D eigenvalue weighted by molar-refractivity contribution is 0.0954. The molecule has 0 saturated carbocycles. The molecule has 0 radical (unpaired) electrons. The zero-order chi connectivity index (χ0) is 19.8. The van der Waals surface area contributed by atoms with Crippen molar-refractivity contribution in [1.82, 2.24) is 5.43 Å². The molecule has 0 aromatic heterocycles. The molecule has 138 valence electrons. The molecule has 3 aromatic carbocycles. The summed E-state index contributed by atoms with van der Waals surface area (Å²) in [7, 11) is 0. The van der Waals surface area contributed by atoms with Crippen LogP contribution in [0.2, 0.25) is 0 Å². The van der Waals surface area contributed by atoms with Crippen LogP contribution in [0.15, 0.2) is 77.9 Å². The minimum Gasteiger partial charge on any atom is -0.489 e. The number of rotatable bonds is 6. The van der Waals surface area contributed by atoms with Gasteiger partial charge in [-0.15, -0.1) is 0 Å². The molecule has 0 aliphatic carbocycles. The van der Waals surface area contributed by atoms with Crippen LogP contribution in [0.1, 0.15) is 32.6 Å². The van der Waals surface area contributed by atoms with Crippen molar-refractivity contribution >= 4 is 12.1 Å². The summed E-state index contributed by atoms with van der Waals surface area (Å²) in [5.74, 6) is 0.427. The smallest absolute Gasteiger partial charge is 0.271 e. The van der Waals surface area contributed by atoms with Crippen molar-refractivity contribution in [2.24, 2.45) is 5.10 Å². The summed E-state index contributed by atoms with van der Waals surface area (Å²) < 4.78 is 5.79. The van der Waals surface area contributed by atoms with E-state index < -0.39 is 0 Å². The Morgan fingerprint density at radius 1 is 1.11 bits per heavy atom. The molecule has 1 N–H and O–H groups in total. The van der Waals surface area contributed by atoms with E-state index in [2.05, 4.69) is 16.6 Å². The SMILES string of the molecule is Cc1ccccc1C(=O)N/N=C/c1cccc(OCc2cccc(C#N)c2)c1. The molecule has 3 aromatic rings. The number of carbonyl (C=O) groups is 1. The highest BCUT2D eigenvalue weighted by Crippen LogP contribution is 2.15. The third-order valence-electron chi connectivity index (χ3n) is 4.09. The summed E-state index contributed by atoms with van der Waals surface area (Å²) in [5, 5.41) is 13.0. The second-order valence-corrected chi connectivity index (χ2v) is 6.19. The van der Waals surface area contributed by atoms with Gasteiger partial charge in [0.05, 0.1) is 17.8 Å². The molecule has 0 aliphatic rings. The van der Waals surface area contributed by atoms with Crippen molar-refractivity contribution in [3.63, 3.8) is 0 Å². The molecular formula is C23H19N3O2. The van der Waals surface area contributed by atoms with Gasteiger partial charge in [0.2, 0.25) is 0 Å². The first kappa shape index (κ1) is 18.9. The third kappa shape index (κ3) is 5.05. The first-order chi connectivity index (χ1) is 13.7. The van der Waals surface area contributed by atoms with Gasteiger partial charge in [-0.05, 0) is 53.9 Å². The van der Waals surface area contributed by atoms with E-state index in [-0.39, 0.29) is 5.91 Å². The largest absolute Gasteiger partial charge is 0.489 e. The van der Waals surface area contributed by atoms with Gasteiger partial charge < -0.3 is 4.74 Å². The third-order valence-corrected chi connectivity index (χ3v) is 4.09. The van der Waals surface area contributed by atoms with E-state index >= 15 is 0 Å². The number of aryl methyl sites for hydroxylation is 1. The molecule has 0 spiro atoms. The van der Waals surface area contributed by atoms with Crippen molar-refractivity contribution in [3.05, 3.63) is 101 Å². The molecule has 0 unspecified atom stereocenters. The molecule has 28 heavy (non-hydrogen) atoms. The lowest BCUT2D eigenvalue weighted by Crippen LogP contribution is -2.18. The molecule has 1 amide bonds. The van der Waals surface area contributed by atoms with Crippen LogP contribution in [0.25, 0.3) is 0 Å². The number of nitrogens with one attached hydrogen (secondary N) is 1. The summed E-state index contributed by atoms with van der Waals surface area (Å²) >= 11 is 0. The fourth-order valence-corrected chi connectivity index (χ4v) is 2.64. The second kappa shape index (κ2) is 9.15. The lowest BCUT2D eigenvalue weighted by atomic mass is 10.1. The minimum absolute atomic E-state index is 0.251. The predicted molar refractivity (Wildman–Crippen MR) is 108 cm³/mol. The zero-order valence-electron chi connectivity index (χ0n) is 15.4. The van der Waals surface area contributed by atoms with Crippen LogP contribution in [0.5, 0.6) is 5.75 Å². The van der Waals surface area contributed by atoms with E-state index in [1.165, 1.54) is 0 Å². The Labute approximate surface area is 163 Å². The molecule has 0 aliphatic heterocycles. The minimum atomic E-state index is -0.251. The molecule has 0 fully saturated rings. The monoisotopic (exact) mass is 369 g/mol. The van der Waals surface area contributed by atoms with Gasteiger partial charge in [-0.3, -0.25) is 4.79 Å². The summed E-state index contributed by atoms with van der Waals surface area (Å²) in [6.07, 6.45) is 1.57. The highest BCUT2D eigenvalue weighted by molar-refractivity contribution is 5.96. The van der Waals surface area contributed by atoms with Crippen molar-refractivity contribution in [2.75, 3.05) is 0 Å². The molecule has 0 bridgehead atoms. The van der Waals surface area contributed by atoms with Crippen LogP contribution in [0, 0.1) is 18.3 Å². The van der Waals surface area contributed by atoms with Crippen LogP contribution < -0.4 is 10.2 Å². The quantitative estimate of drug-likeness (QED) is 0.522. The van der Waals surface area contributed by atoms with Gasteiger partial charge >= 0.3 is 0 Å². The maximum absolute atomic E-state index is 12.2. The number of ether oxygens (including phenoxy) is 1. The average molecular weight is 369 g/mol. The number of carbonyl (C=O) groups excluding carboxylic acids is 1. The number of hydrogen-bond donors (Lipinski definition) is 1. The fourth-order valence-electron chi connectivity index (χ4n) is 2.64. The Balaban J connectivity index is 1.60. The van der Waals surface area contributed by atoms with Gasteiger partial charge in [0.1, 0.15) is 12.4 Å². The Kier molecular flexibility index (Phi) is 6.17. The standard InChI is InChI=1S/C23H19N3O2/c1-17-6-2-3-11-22(17)23(27)26-25-15-19-8-5-10-21(13-19)28-16-20-9-4-7-18(12-20)14-24/h2-13,15H,16H2,1H3,(H,26,27)/b25-15+. The van der Waals surface area contributed by atoms with Crippen LogP contribution in [0.4, 0.5) is 0 Å². The molecular weight excluding hydrogens is 350 g/mol. The zero-order valence-corrected chi connectivity index (χ0v) is 15.4. The average Bonchev–Trinajstić information content (AvgIpc) is 2.73. The summed E-state index contributed by atoms with van der Waals surface area (Å²) in [6.45, 7) is 2.24. The first-order valence-electron chi connectivity index (χ1n) is 8.76. The number of nitriles is 1. The Morgan fingerprint density at radius 3 is 2.75 bits per heavy atom. The maximum Gasteiger partial charge on any atom is 0.271 e. The van der Waals surface area contributed by atoms with Crippen LogP contribution >= 0.6 is 0 Å². The highest BCUT2D eigenvalue weighted by Gasteiger charge is 2.06. The number of nitrogens with zero attached hydrogens (tertiary/aromatic N) is 2. The van der Waals surface area contributed by atoms with Crippen LogP contribution in [-0.4, -0.2) is 12.1 Å². The van der Waals surface area contributed by atoms with Gasteiger partial charge in [-0.2, -0.15) is 10.4 Å². The van der Waals surface area contributed by atoms with E-state index in [0.717, 1.165) is 16.7 Å². The predicted octanol–water partition coefficient (Wildman–Crippen LogP) is 4.21. The van der Waals surface area contributed by atoms with Gasteiger partial charge in [-0.1, -0.05) is 42.5 Å². The first-order valence-corrected chi connectivity index (χ1v) is 8.76. The van der Waals surface area contributed by atoms with Crippen molar-refractivity contribution in [1.29, 1.82) is 5.26 Å². The number of amides is 1. The normalized spacial score (nSPS) is 10.4. The summed E-state index contributed by atoms with van der Waals surface area (Å²) in [5.41, 5.74) is 6.35. The van der Waals surface area contributed by atoms with E-state index in [9.17, 15) is 4.79 Å². The fraction of sp³-hybridized carbons (Fsp3) is 0.0870. The molecule has 0 heterocycles. The van der Waals surface area contributed by atoms with Gasteiger partial charge in [-0.25, -0.2) is 5.43 Å². The number of hydrazone groups is 1. The highest BCUT2D eigenvalue weighted by atomic mass is 16.5. The van der Waals surface area contributed by atoms with Crippen molar-refractivity contribution < 1.29 is 9.53 Å². The molecule has 0 saturated heterocycles. The van der Waals surface area contributed by atoms with Gasteiger partial charge in [0.25, 0.3) is 5.91 Å². The Bertz CT molecular complexity index is 1050. The van der Waals surface area contributed by atoms with Crippen LogP contribution in [0.3, 0.4) is 0 Å². The molecule has 3 rings (SSSR count). The van der Waals surface area contributed by atoms with E-state index in [4.69, 9.17) is 10.00 Å². The lowest BCUT2D eigenvalue weighted by Gasteiger charge is -2.07. The molecule has 5 heteroatoms. The van der Waals surface area contributed by atoms with E-state index in [1.54, 1.807) is 24.4 Å². The topological polar surface area (TPSA) is 74.5 Å². The summed E-state index contributed by atoms with van der Waals surface area (Å²) in [4.78, 5) is 12.2. The van der Waals surface area contributed by atoms with Crippen molar-refractivity contribution in [3.8, 4) is 11.8 Å². The van der Waals surface area contributed by atoms with Crippen LogP contribution in [-0.2, 0) is 6.61 Å². The van der Waals surface area contributed by atoms with E-state index in [0.29, 0.717) is 23.5 Å². The number of hydrogen-bond acceptors (Lipinski definition) is 4. The Hall–Kier alpha value is -3.91. The van der Waals surface area contributed by atoms with E-state index in [1.807, 2.05) is 61.5 Å². The number of benzene rings is 3. The summed E-state index contributed by atoms with van der Waals surface area (Å²) in [6, 6.07) is 24.2. The Morgan fingerprint density at radius 2 is 1.93 bits per heavy atom. The van der Waals surface area contributed by atoms with Crippen molar-refractivity contribution in [2.45, 2.75) is 13.5 Å². The maximum atomic E-state index is 12.2. The second-order valence-electron chi connectivity index (χ2n) is 6.19. The van der Waals surface area contributed by atoms with Gasteiger partial charge in [0.15, 0.2) is 0 Å².